The third-order valence-electron chi connectivity index (χ3n) is 4.10. The van der Waals surface area contributed by atoms with Gasteiger partial charge in [0.1, 0.15) is 5.69 Å². The van der Waals surface area contributed by atoms with Crippen molar-refractivity contribution >= 4 is 11.7 Å². The van der Waals surface area contributed by atoms with Crippen LogP contribution in [-0.2, 0) is 0 Å². The summed E-state index contributed by atoms with van der Waals surface area (Å²) in [6, 6.07) is 3.65. The highest BCUT2D eigenvalue weighted by atomic mass is 16.5. The van der Waals surface area contributed by atoms with E-state index in [0.29, 0.717) is 30.6 Å². The fourth-order valence-corrected chi connectivity index (χ4v) is 2.80. The van der Waals surface area contributed by atoms with Crippen LogP contribution >= 0.6 is 0 Å². The zero-order valence-corrected chi connectivity index (χ0v) is 14.8. The van der Waals surface area contributed by atoms with E-state index in [1.165, 1.54) is 0 Å². The molecule has 2 aromatic rings. The van der Waals surface area contributed by atoms with Gasteiger partial charge in [0.2, 0.25) is 5.88 Å². The zero-order chi connectivity index (χ0) is 17.6. The molecule has 3 rings (SSSR count). The predicted molar refractivity (Wildman–Crippen MR) is 95.9 cm³/mol. The van der Waals surface area contributed by atoms with E-state index in [9.17, 15) is 4.79 Å². The van der Waals surface area contributed by atoms with Gasteiger partial charge < -0.3 is 19.5 Å². The van der Waals surface area contributed by atoms with Crippen LogP contribution in [0, 0.1) is 5.92 Å². The summed E-state index contributed by atoms with van der Waals surface area (Å²) in [7, 11) is 0. The van der Waals surface area contributed by atoms with Crippen molar-refractivity contribution in [1.29, 1.82) is 0 Å². The zero-order valence-electron chi connectivity index (χ0n) is 14.8. The maximum absolute atomic E-state index is 12.5. The average molecular weight is 343 g/mol. The Kier molecular flexibility index (Phi) is 5.53. The molecule has 0 spiro atoms. The summed E-state index contributed by atoms with van der Waals surface area (Å²) in [5.74, 6) is 1.84. The number of nitrogens with zero attached hydrogens (tertiary/aromatic N) is 4. The van der Waals surface area contributed by atoms with Gasteiger partial charge in [0.05, 0.1) is 19.0 Å². The van der Waals surface area contributed by atoms with Gasteiger partial charge in [0, 0.05) is 32.4 Å². The van der Waals surface area contributed by atoms with Crippen molar-refractivity contribution in [2.24, 2.45) is 5.92 Å². The van der Waals surface area contributed by atoms with Crippen molar-refractivity contribution in [2.45, 2.75) is 20.3 Å². The van der Waals surface area contributed by atoms with Crippen LogP contribution < -0.4 is 9.64 Å². The molecule has 1 saturated heterocycles. The highest BCUT2D eigenvalue weighted by Gasteiger charge is 2.21. The fourth-order valence-electron chi connectivity index (χ4n) is 2.80. The summed E-state index contributed by atoms with van der Waals surface area (Å²) in [5.41, 5.74) is 0.636. The number of H-pyrrole nitrogens is 1. The minimum atomic E-state index is 0.0481. The van der Waals surface area contributed by atoms with Gasteiger partial charge in [-0.05, 0) is 24.5 Å². The number of aromatic nitrogens is 3. The third kappa shape index (κ3) is 4.49. The number of rotatable bonds is 5. The summed E-state index contributed by atoms with van der Waals surface area (Å²) in [6.45, 7) is 7.80. The highest BCUT2D eigenvalue weighted by molar-refractivity contribution is 5.92. The van der Waals surface area contributed by atoms with Crippen molar-refractivity contribution in [3.63, 3.8) is 0 Å². The Morgan fingerprint density at radius 2 is 2.16 bits per heavy atom. The molecule has 1 fully saturated rings. The SMILES string of the molecule is CC(C)COc1cncc(N2CCCN(C(=O)c3ccc[nH]3)CC2)n1. The second-order valence-corrected chi connectivity index (χ2v) is 6.64. The first kappa shape index (κ1) is 17.3. The molecule has 0 saturated carbocycles. The van der Waals surface area contributed by atoms with Crippen LogP contribution in [0.4, 0.5) is 5.82 Å². The Morgan fingerprint density at radius 1 is 1.28 bits per heavy atom. The minimum Gasteiger partial charge on any atom is -0.476 e. The smallest absolute Gasteiger partial charge is 0.270 e. The van der Waals surface area contributed by atoms with Gasteiger partial charge >= 0.3 is 0 Å². The second-order valence-electron chi connectivity index (χ2n) is 6.64. The van der Waals surface area contributed by atoms with Gasteiger partial charge in [-0.3, -0.25) is 9.78 Å². The molecule has 0 aromatic carbocycles. The summed E-state index contributed by atoms with van der Waals surface area (Å²) < 4.78 is 5.67. The van der Waals surface area contributed by atoms with Crippen LogP contribution in [0.1, 0.15) is 30.8 Å². The topological polar surface area (TPSA) is 74.3 Å². The maximum Gasteiger partial charge on any atom is 0.270 e. The number of anilines is 1. The first-order chi connectivity index (χ1) is 12.1. The molecule has 7 nitrogen and oxygen atoms in total. The summed E-state index contributed by atoms with van der Waals surface area (Å²) in [5, 5.41) is 0. The summed E-state index contributed by atoms with van der Waals surface area (Å²) >= 11 is 0. The Labute approximate surface area is 148 Å². The molecule has 1 aliphatic rings. The Balaban J connectivity index is 1.63. The molecule has 0 bridgehead atoms. The van der Waals surface area contributed by atoms with E-state index >= 15 is 0 Å². The van der Waals surface area contributed by atoms with Crippen molar-refractivity contribution in [3.8, 4) is 5.88 Å². The maximum atomic E-state index is 12.5. The van der Waals surface area contributed by atoms with Gasteiger partial charge in [-0.15, -0.1) is 0 Å². The van der Waals surface area contributed by atoms with E-state index in [4.69, 9.17) is 4.74 Å². The van der Waals surface area contributed by atoms with E-state index in [1.807, 2.05) is 17.0 Å². The number of hydrogen-bond donors (Lipinski definition) is 1. The van der Waals surface area contributed by atoms with Crippen LogP contribution in [0.25, 0.3) is 0 Å². The lowest BCUT2D eigenvalue weighted by atomic mass is 10.2. The highest BCUT2D eigenvalue weighted by Crippen LogP contribution is 2.17. The summed E-state index contributed by atoms with van der Waals surface area (Å²) in [6.07, 6.45) is 6.07. The Hall–Kier alpha value is -2.57. The Morgan fingerprint density at radius 3 is 2.92 bits per heavy atom. The van der Waals surface area contributed by atoms with Gasteiger partial charge in [-0.2, -0.15) is 4.98 Å². The summed E-state index contributed by atoms with van der Waals surface area (Å²) in [4.78, 5) is 28.3. The lowest BCUT2D eigenvalue weighted by Gasteiger charge is -2.22. The quantitative estimate of drug-likeness (QED) is 0.901. The van der Waals surface area contributed by atoms with Crippen LogP contribution in [-0.4, -0.2) is 58.5 Å². The first-order valence-electron chi connectivity index (χ1n) is 8.76. The standard InChI is InChI=1S/C18H25N5O2/c1-14(2)13-25-17-12-19-11-16(21-17)22-7-4-8-23(10-9-22)18(24)15-5-3-6-20-15/h3,5-6,11-12,14,20H,4,7-10,13H2,1-2H3. The molecule has 1 aliphatic heterocycles. The lowest BCUT2D eigenvalue weighted by Crippen LogP contribution is -2.35. The molecular formula is C18H25N5O2. The van der Waals surface area contributed by atoms with Gasteiger partial charge in [-0.25, -0.2) is 0 Å². The number of hydrogen-bond acceptors (Lipinski definition) is 5. The molecule has 1 amide bonds. The normalized spacial score (nSPS) is 15.3. The number of aromatic amines is 1. The largest absolute Gasteiger partial charge is 0.476 e. The van der Waals surface area contributed by atoms with Crippen molar-refractivity contribution in [2.75, 3.05) is 37.7 Å². The molecule has 3 heterocycles. The first-order valence-corrected chi connectivity index (χ1v) is 8.76. The van der Waals surface area contributed by atoms with E-state index in [1.54, 1.807) is 18.6 Å². The molecule has 0 radical (unpaired) electrons. The van der Waals surface area contributed by atoms with Crippen molar-refractivity contribution < 1.29 is 9.53 Å². The number of nitrogens with one attached hydrogen (secondary N) is 1. The van der Waals surface area contributed by atoms with E-state index in [-0.39, 0.29) is 5.91 Å². The second kappa shape index (κ2) is 8.00. The van der Waals surface area contributed by atoms with Crippen LogP contribution in [0.3, 0.4) is 0 Å². The number of amides is 1. The van der Waals surface area contributed by atoms with Crippen molar-refractivity contribution in [1.82, 2.24) is 19.9 Å². The van der Waals surface area contributed by atoms with Crippen LogP contribution in [0.2, 0.25) is 0 Å². The van der Waals surface area contributed by atoms with E-state index in [2.05, 4.69) is 33.7 Å². The monoisotopic (exact) mass is 343 g/mol. The molecule has 134 valence electrons. The lowest BCUT2D eigenvalue weighted by molar-refractivity contribution is 0.0762. The molecule has 7 heteroatoms. The van der Waals surface area contributed by atoms with Gasteiger partial charge in [-0.1, -0.05) is 13.8 Å². The minimum absolute atomic E-state index is 0.0481. The Bertz CT molecular complexity index is 687. The molecule has 0 aliphatic carbocycles. The molecule has 0 atom stereocenters. The van der Waals surface area contributed by atoms with Crippen molar-refractivity contribution in [3.05, 3.63) is 36.4 Å². The van der Waals surface area contributed by atoms with Gasteiger partial charge in [0.15, 0.2) is 5.82 Å². The van der Waals surface area contributed by atoms with Crippen LogP contribution in [0.5, 0.6) is 5.88 Å². The molecule has 2 aromatic heterocycles. The number of carbonyl (C=O) groups excluding carboxylic acids is 1. The third-order valence-corrected chi connectivity index (χ3v) is 4.10. The van der Waals surface area contributed by atoms with E-state index < -0.39 is 0 Å². The fraction of sp³-hybridized carbons (Fsp3) is 0.500. The number of carbonyl (C=O) groups is 1. The predicted octanol–water partition coefficient (Wildman–Crippen LogP) is 2.19. The van der Waals surface area contributed by atoms with E-state index in [0.717, 1.165) is 31.9 Å². The van der Waals surface area contributed by atoms with Crippen LogP contribution in [0.15, 0.2) is 30.7 Å². The molecule has 1 N–H and O–H groups in total. The molecule has 0 unspecified atom stereocenters. The molecule has 25 heavy (non-hydrogen) atoms. The van der Waals surface area contributed by atoms with Gasteiger partial charge in [0.25, 0.3) is 5.91 Å². The molecular weight excluding hydrogens is 318 g/mol. The number of ether oxygens (including phenoxy) is 1. The average Bonchev–Trinajstić information content (AvgIpc) is 3.04.